The number of sulfonamides is 1. The fraction of sp³-hybridized carbons (Fsp3) is 0.647. The molecule has 3 saturated carbocycles. The second-order valence-corrected chi connectivity index (χ2v) is 17.3. The first-order valence-corrected chi connectivity index (χ1v) is 18.6. The lowest BCUT2D eigenvalue weighted by Gasteiger charge is -2.34. The molecule has 252 valence electrons. The zero-order valence-corrected chi connectivity index (χ0v) is 29.4. The van der Waals surface area contributed by atoms with Crippen LogP contribution in [0.5, 0.6) is 0 Å². The van der Waals surface area contributed by atoms with E-state index in [1.807, 2.05) is 20.8 Å². The Morgan fingerprint density at radius 3 is 2.39 bits per heavy atom. The Hall–Kier alpha value is -2.57. The van der Waals surface area contributed by atoms with Crippen molar-refractivity contribution < 1.29 is 32.3 Å². The number of hydrogen-bond donors (Lipinski definition) is 1. The topological polar surface area (TPSA) is 130 Å². The molecule has 5 rings (SSSR count). The van der Waals surface area contributed by atoms with E-state index in [1.54, 1.807) is 24.3 Å². The van der Waals surface area contributed by atoms with E-state index < -0.39 is 44.7 Å². The molecule has 3 aliphatic carbocycles. The Morgan fingerprint density at radius 1 is 1.13 bits per heavy atom. The van der Waals surface area contributed by atoms with Crippen LogP contribution in [-0.2, 0) is 33.9 Å². The second kappa shape index (κ2) is 13.5. The van der Waals surface area contributed by atoms with E-state index in [-0.39, 0.29) is 54.7 Å². The molecule has 0 unspecified atom stereocenters. The van der Waals surface area contributed by atoms with Gasteiger partial charge in [0.25, 0.3) is 0 Å². The van der Waals surface area contributed by atoms with Gasteiger partial charge in [0.1, 0.15) is 12.1 Å². The molecule has 12 heteroatoms. The van der Waals surface area contributed by atoms with Crippen molar-refractivity contribution in [3.8, 4) is 0 Å². The fourth-order valence-corrected chi connectivity index (χ4v) is 9.16. The number of nitrogens with zero attached hydrogens (tertiary/aromatic N) is 2. The highest BCUT2D eigenvalue weighted by molar-refractivity contribution is 9.10. The number of halogens is 1. The van der Waals surface area contributed by atoms with Gasteiger partial charge in [-0.2, -0.15) is 4.31 Å². The second-order valence-electron chi connectivity index (χ2n) is 14.6. The lowest BCUT2D eigenvalue weighted by atomic mass is 9.77. The molecule has 1 N–H and O–H groups in total. The van der Waals surface area contributed by atoms with Gasteiger partial charge in [-0.25, -0.2) is 8.42 Å². The zero-order valence-electron chi connectivity index (χ0n) is 27.0. The summed E-state index contributed by atoms with van der Waals surface area (Å²) in [4.78, 5) is 56.4. The smallest absolute Gasteiger partial charge is 0.306 e. The summed E-state index contributed by atoms with van der Waals surface area (Å²) < 4.78 is 35.0. The van der Waals surface area contributed by atoms with Crippen LogP contribution in [0.15, 0.2) is 46.3 Å². The maximum atomic E-state index is 14.4. The molecule has 1 aliphatic heterocycles. The average molecular weight is 721 g/mol. The third-order valence-electron chi connectivity index (χ3n) is 10.1. The molecule has 1 saturated heterocycles. The minimum Gasteiger partial charge on any atom is -0.462 e. The van der Waals surface area contributed by atoms with Gasteiger partial charge in [0, 0.05) is 24.0 Å². The number of Topliss-reactive ketones (excluding diaryl/α,β-unsaturated/α-hetero) is 1. The molecule has 2 amide bonds. The minimum atomic E-state index is -4.12. The largest absolute Gasteiger partial charge is 0.462 e. The third kappa shape index (κ3) is 7.44. The number of benzene rings is 1. The summed E-state index contributed by atoms with van der Waals surface area (Å²) in [6.07, 6.45) is 7.40. The number of rotatable bonds is 13. The lowest BCUT2D eigenvalue weighted by Crippen LogP contribution is -2.49. The monoisotopic (exact) mass is 719 g/mol. The Bertz CT molecular complexity index is 1480. The number of hydrogen-bond acceptors (Lipinski definition) is 7. The Labute approximate surface area is 280 Å². The summed E-state index contributed by atoms with van der Waals surface area (Å²) in [5.74, 6) is -2.13. The average Bonchev–Trinajstić information content (AvgIpc) is 3.84. The highest BCUT2D eigenvalue weighted by atomic mass is 79.9. The summed E-state index contributed by atoms with van der Waals surface area (Å²) in [5, 5.41) is 3.01. The number of amides is 2. The predicted octanol–water partition coefficient (Wildman–Crippen LogP) is 4.82. The van der Waals surface area contributed by atoms with E-state index >= 15 is 0 Å². The maximum Gasteiger partial charge on any atom is 0.306 e. The van der Waals surface area contributed by atoms with Gasteiger partial charge in [-0.15, -0.1) is 6.58 Å². The van der Waals surface area contributed by atoms with Crippen LogP contribution in [-0.4, -0.2) is 73.1 Å². The van der Waals surface area contributed by atoms with Crippen molar-refractivity contribution in [1.29, 1.82) is 0 Å². The normalized spacial score (nSPS) is 26.0. The molecule has 46 heavy (non-hydrogen) atoms. The first-order valence-electron chi connectivity index (χ1n) is 16.4. The standard InChI is InChI=1S/C34H46BrN3O7S/c1-5-23-17-34(23,32(42)36-19-22-14-15-22)18-28(39)27-20-37(46(43,44)29-13-9-8-12-26(29)35)21-38(27)31(41)25(33(2,3)4)16-30(40)45-24-10-6-7-11-24/h5,8-9,12-13,22-25,27H,1,6-7,10-11,14-21H2,2-4H3,(H,36,42)/t23-,25-,27+,34-/m1/s1. The first kappa shape index (κ1) is 34.8. The molecular weight excluding hydrogens is 674 g/mol. The molecule has 0 radical (unpaired) electrons. The summed E-state index contributed by atoms with van der Waals surface area (Å²) in [7, 11) is -4.12. The van der Waals surface area contributed by atoms with E-state index in [0.717, 1.165) is 42.8 Å². The zero-order chi connectivity index (χ0) is 33.4. The number of carbonyl (C=O) groups excluding carboxylic acids is 4. The van der Waals surface area contributed by atoms with Crippen LogP contribution < -0.4 is 5.32 Å². The minimum absolute atomic E-state index is 0.0212. The van der Waals surface area contributed by atoms with Gasteiger partial charge >= 0.3 is 5.97 Å². The van der Waals surface area contributed by atoms with Gasteiger partial charge in [-0.05, 0) is 90.3 Å². The molecular formula is C34H46BrN3O7S. The molecule has 4 fully saturated rings. The van der Waals surface area contributed by atoms with Gasteiger partial charge in [-0.3, -0.25) is 19.2 Å². The molecule has 1 heterocycles. The number of nitrogens with one attached hydrogen (secondary N) is 1. The van der Waals surface area contributed by atoms with Crippen LogP contribution in [0.25, 0.3) is 0 Å². The molecule has 1 aromatic carbocycles. The van der Waals surface area contributed by atoms with Crippen LogP contribution in [0, 0.1) is 28.6 Å². The molecule has 1 aromatic rings. The highest BCUT2D eigenvalue weighted by Crippen LogP contribution is 2.57. The number of ketones is 1. The van der Waals surface area contributed by atoms with Crippen LogP contribution >= 0.6 is 15.9 Å². The number of allylic oxidation sites excluding steroid dienone is 1. The van der Waals surface area contributed by atoms with E-state index in [4.69, 9.17) is 4.74 Å². The number of esters is 1. The van der Waals surface area contributed by atoms with Crippen molar-refractivity contribution in [1.82, 2.24) is 14.5 Å². The molecule has 0 aromatic heterocycles. The third-order valence-corrected chi connectivity index (χ3v) is 12.9. The number of carbonyl (C=O) groups is 4. The highest BCUT2D eigenvalue weighted by Gasteiger charge is 2.60. The van der Waals surface area contributed by atoms with Crippen LogP contribution in [0.2, 0.25) is 0 Å². The van der Waals surface area contributed by atoms with Crippen LogP contribution in [0.3, 0.4) is 0 Å². The van der Waals surface area contributed by atoms with Gasteiger partial charge in [0.2, 0.25) is 21.8 Å². The van der Waals surface area contributed by atoms with E-state index in [9.17, 15) is 27.6 Å². The van der Waals surface area contributed by atoms with E-state index in [2.05, 4.69) is 27.8 Å². The Morgan fingerprint density at radius 2 is 1.80 bits per heavy atom. The fourth-order valence-electron chi connectivity index (χ4n) is 6.81. The van der Waals surface area contributed by atoms with Crippen molar-refractivity contribution in [3.63, 3.8) is 0 Å². The number of ether oxygens (including phenoxy) is 1. The molecule has 10 nitrogen and oxygen atoms in total. The summed E-state index contributed by atoms with van der Waals surface area (Å²) in [6, 6.07) is 5.27. The van der Waals surface area contributed by atoms with E-state index in [0.29, 0.717) is 23.4 Å². The summed E-state index contributed by atoms with van der Waals surface area (Å²) in [6.45, 7) is 9.36. The molecule has 0 bridgehead atoms. The maximum absolute atomic E-state index is 14.4. The van der Waals surface area contributed by atoms with Crippen LogP contribution in [0.4, 0.5) is 0 Å². The molecule has 0 spiro atoms. The molecule has 4 atom stereocenters. The van der Waals surface area contributed by atoms with Crippen molar-refractivity contribution in [2.24, 2.45) is 28.6 Å². The van der Waals surface area contributed by atoms with Gasteiger partial charge < -0.3 is 15.0 Å². The first-order chi connectivity index (χ1) is 21.7. The lowest BCUT2D eigenvalue weighted by molar-refractivity contribution is -0.156. The van der Waals surface area contributed by atoms with Gasteiger partial charge in [0.15, 0.2) is 5.78 Å². The van der Waals surface area contributed by atoms with Crippen molar-refractivity contribution in [3.05, 3.63) is 41.4 Å². The quantitative estimate of drug-likeness (QED) is 0.229. The summed E-state index contributed by atoms with van der Waals surface area (Å²) in [5.41, 5.74) is -1.66. The molecule has 4 aliphatic rings. The van der Waals surface area contributed by atoms with Gasteiger partial charge in [-0.1, -0.05) is 39.0 Å². The van der Waals surface area contributed by atoms with Crippen molar-refractivity contribution >= 4 is 49.5 Å². The van der Waals surface area contributed by atoms with Crippen molar-refractivity contribution in [2.75, 3.05) is 19.8 Å². The van der Waals surface area contributed by atoms with E-state index in [1.165, 1.54) is 11.0 Å². The predicted molar refractivity (Wildman–Crippen MR) is 176 cm³/mol. The van der Waals surface area contributed by atoms with Crippen LogP contribution in [0.1, 0.15) is 78.6 Å². The van der Waals surface area contributed by atoms with Gasteiger partial charge in [0.05, 0.1) is 29.3 Å². The Balaban J connectivity index is 1.42. The summed E-state index contributed by atoms with van der Waals surface area (Å²) >= 11 is 3.33. The Kier molecular flexibility index (Phi) is 10.2. The SMILES string of the molecule is C=C[C@@H]1C[C@]1(CC(=O)[C@@H]1CN(S(=O)(=O)c2ccccc2Br)CN1C(=O)[C@@H](CC(=O)OC1CCCC1)C(C)(C)C)C(=O)NCC1CC1. The van der Waals surface area contributed by atoms with Crippen molar-refractivity contribution in [2.45, 2.75) is 95.6 Å².